The van der Waals surface area contributed by atoms with Crippen LogP contribution in [-0.4, -0.2) is 10.9 Å². The Morgan fingerprint density at radius 1 is 1.26 bits per heavy atom. The first-order chi connectivity index (χ1) is 9.04. The summed E-state index contributed by atoms with van der Waals surface area (Å²) in [6.45, 7) is 0. The molecule has 3 nitrogen and oxygen atoms in total. The van der Waals surface area contributed by atoms with Gasteiger partial charge in [0.05, 0.1) is 6.42 Å². The Morgan fingerprint density at radius 2 is 2.05 bits per heavy atom. The third kappa shape index (κ3) is 3.72. The van der Waals surface area contributed by atoms with Gasteiger partial charge in [0.25, 0.3) is 0 Å². The molecule has 1 N–H and O–H groups in total. The van der Waals surface area contributed by atoms with Crippen molar-refractivity contribution in [3.05, 3.63) is 58.7 Å². The van der Waals surface area contributed by atoms with E-state index in [9.17, 15) is 13.6 Å². The zero-order valence-electron chi connectivity index (χ0n) is 9.66. The number of aromatic nitrogens is 1. The van der Waals surface area contributed by atoms with Crippen LogP contribution in [0.25, 0.3) is 0 Å². The number of hydrogen-bond donors (Lipinski definition) is 1. The number of hydrogen-bond acceptors (Lipinski definition) is 2. The smallest absolute Gasteiger partial charge is 0.230 e. The lowest BCUT2D eigenvalue weighted by atomic mass is 10.1. The molecule has 0 aliphatic carbocycles. The molecule has 2 rings (SSSR count). The largest absolute Gasteiger partial charge is 0.310 e. The highest BCUT2D eigenvalue weighted by Gasteiger charge is 2.10. The Kier molecular flexibility index (Phi) is 4.06. The second-order valence-electron chi connectivity index (χ2n) is 3.81. The van der Waals surface area contributed by atoms with Crippen molar-refractivity contribution >= 4 is 23.3 Å². The number of amides is 1. The zero-order chi connectivity index (χ0) is 13.8. The lowest BCUT2D eigenvalue weighted by molar-refractivity contribution is -0.115. The van der Waals surface area contributed by atoms with Gasteiger partial charge >= 0.3 is 0 Å². The number of nitrogens with zero attached hydrogens (tertiary/aromatic N) is 1. The van der Waals surface area contributed by atoms with Gasteiger partial charge in [0.2, 0.25) is 5.91 Å². The highest BCUT2D eigenvalue weighted by Crippen LogP contribution is 2.12. The van der Waals surface area contributed by atoms with E-state index in [1.165, 1.54) is 6.07 Å². The lowest BCUT2D eigenvalue weighted by Crippen LogP contribution is -2.16. The molecular weight excluding hydrogens is 274 g/mol. The van der Waals surface area contributed by atoms with Crippen molar-refractivity contribution in [3.63, 3.8) is 0 Å². The second kappa shape index (κ2) is 5.75. The summed E-state index contributed by atoms with van der Waals surface area (Å²) in [4.78, 5) is 15.5. The van der Waals surface area contributed by atoms with Gasteiger partial charge in [-0.2, -0.15) is 0 Å². The molecule has 1 heterocycles. The quantitative estimate of drug-likeness (QED) is 0.879. The van der Waals surface area contributed by atoms with Crippen molar-refractivity contribution in [2.75, 3.05) is 5.32 Å². The Labute approximate surface area is 113 Å². The molecule has 0 saturated carbocycles. The van der Waals surface area contributed by atoms with E-state index in [4.69, 9.17) is 11.6 Å². The van der Waals surface area contributed by atoms with E-state index < -0.39 is 17.5 Å². The molecule has 1 amide bonds. The average Bonchev–Trinajstić information content (AvgIpc) is 2.33. The van der Waals surface area contributed by atoms with Crippen molar-refractivity contribution in [2.24, 2.45) is 0 Å². The first-order valence-electron chi connectivity index (χ1n) is 5.41. The van der Waals surface area contributed by atoms with Crippen LogP contribution in [-0.2, 0) is 11.2 Å². The molecule has 0 bridgehead atoms. The van der Waals surface area contributed by atoms with Gasteiger partial charge in [-0.05, 0) is 23.8 Å². The van der Waals surface area contributed by atoms with Gasteiger partial charge in [-0.15, -0.1) is 0 Å². The van der Waals surface area contributed by atoms with Gasteiger partial charge in [-0.25, -0.2) is 13.8 Å². The summed E-state index contributed by atoms with van der Waals surface area (Å²) in [5.74, 6) is -1.62. The van der Waals surface area contributed by atoms with Crippen LogP contribution in [0.4, 0.5) is 14.6 Å². The predicted octanol–water partition coefficient (Wildman–Crippen LogP) is 3.19. The van der Waals surface area contributed by atoms with E-state index in [0.717, 1.165) is 12.1 Å². The number of rotatable bonds is 3. The minimum atomic E-state index is -0.755. The maximum absolute atomic E-state index is 13.4. The number of halogens is 3. The zero-order valence-corrected chi connectivity index (χ0v) is 10.4. The average molecular weight is 283 g/mol. The van der Waals surface area contributed by atoms with E-state index >= 15 is 0 Å². The number of anilines is 1. The van der Waals surface area contributed by atoms with Crippen molar-refractivity contribution in [1.29, 1.82) is 0 Å². The van der Waals surface area contributed by atoms with Crippen LogP contribution in [0.3, 0.4) is 0 Å². The summed E-state index contributed by atoms with van der Waals surface area (Å²) in [6.07, 6.45) is -0.208. The Morgan fingerprint density at radius 3 is 2.74 bits per heavy atom. The molecule has 0 aliphatic heterocycles. The summed E-state index contributed by atoms with van der Waals surface area (Å²) in [5, 5.41) is 2.72. The number of carbonyl (C=O) groups is 1. The van der Waals surface area contributed by atoms with Gasteiger partial charge in [0, 0.05) is 6.07 Å². The number of benzene rings is 1. The maximum Gasteiger partial charge on any atom is 0.230 e. The van der Waals surface area contributed by atoms with Crippen LogP contribution in [0.2, 0.25) is 5.15 Å². The van der Waals surface area contributed by atoms with E-state index in [1.807, 2.05) is 0 Å². The monoisotopic (exact) mass is 282 g/mol. The van der Waals surface area contributed by atoms with Crippen LogP contribution in [0, 0.1) is 11.6 Å². The molecule has 0 radical (unpaired) electrons. The van der Waals surface area contributed by atoms with Crippen molar-refractivity contribution < 1.29 is 13.6 Å². The first kappa shape index (κ1) is 13.4. The van der Waals surface area contributed by atoms with Crippen LogP contribution in [0.5, 0.6) is 0 Å². The molecule has 1 aromatic heterocycles. The SMILES string of the molecule is O=C(Cc1ccc(F)cc1F)Nc1cccc(Cl)n1. The van der Waals surface area contributed by atoms with Crippen molar-refractivity contribution in [3.8, 4) is 0 Å². The van der Waals surface area contributed by atoms with Gasteiger partial charge in [0.1, 0.15) is 22.6 Å². The van der Waals surface area contributed by atoms with E-state index in [-0.39, 0.29) is 23.0 Å². The second-order valence-corrected chi connectivity index (χ2v) is 4.19. The van der Waals surface area contributed by atoms with Crippen LogP contribution in [0.15, 0.2) is 36.4 Å². The van der Waals surface area contributed by atoms with Gasteiger partial charge in [0.15, 0.2) is 0 Å². The molecule has 0 spiro atoms. The third-order valence-electron chi connectivity index (χ3n) is 2.35. The summed E-state index contributed by atoms with van der Waals surface area (Å²) < 4.78 is 26.1. The summed E-state index contributed by atoms with van der Waals surface area (Å²) in [5.41, 5.74) is 0.112. The molecule has 2 aromatic rings. The molecule has 1 aromatic carbocycles. The normalized spacial score (nSPS) is 10.3. The van der Waals surface area contributed by atoms with Crippen LogP contribution >= 0.6 is 11.6 Å². The number of nitrogens with one attached hydrogen (secondary N) is 1. The van der Waals surface area contributed by atoms with Crippen LogP contribution in [0.1, 0.15) is 5.56 Å². The fraction of sp³-hybridized carbons (Fsp3) is 0.0769. The summed E-state index contributed by atoms with van der Waals surface area (Å²) in [7, 11) is 0. The fourth-order valence-corrected chi connectivity index (χ4v) is 1.67. The molecule has 0 atom stereocenters. The fourth-order valence-electron chi connectivity index (χ4n) is 1.50. The first-order valence-corrected chi connectivity index (χ1v) is 5.79. The van der Waals surface area contributed by atoms with Crippen molar-refractivity contribution in [2.45, 2.75) is 6.42 Å². The minimum Gasteiger partial charge on any atom is -0.310 e. The predicted molar refractivity (Wildman–Crippen MR) is 67.9 cm³/mol. The number of carbonyl (C=O) groups excluding carboxylic acids is 1. The topological polar surface area (TPSA) is 42.0 Å². The van der Waals surface area contributed by atoms with E-state index in [1.54, 1.807) is 18.2 Å². The molecule has 0 fully saturated rings. The molecule has 0 aliphatic rings. The highest BCUT2D eigenvalue weighted by atomic mass is 35.5. The summed E-state index contributed by atoms with van der Waals surface area (Å²) >= 11 is 5.67. The molecule has 19 heavy (non-hydrogen) atoms. The standard InChI is InChI=1S/C13H9ClF2N2O/c14-11-2-1-3-12(17-11)18-13(19)6-8-4-5-9(15)7-10(8)16/h1-5,7H,6H2,(H,17,18,19). The van der Waals surface area contributed by atoms with Gasteiger partial charge in [-0.1, -0.05) is 23.7 Å². The van der Waals surface area contributed by atoms with Crippen molar-refractivity contribution in [1.82, 2.24) is 4.98 Å². The molecular formula is C13H9ClF2N2O. The Balaban J connectivity index is 2.05. The highest BCUT2D eigenvalue weighted by molar-refractivity contribution is 6.29. The molecule has 0 saturated heterocycles. The molecule has 0 unspecified atom stereocenters. The maximum atomic E-state index is 13.4. The number of pyridine rings is 1. The Bertz CT molecular complexity index is 619. The van der Waals surface area contributed by atoms with E-state index in [2.05, 4.69) is 10.3 Å². The van der Waals surface area contributed by atoms with Crippen LogP contribution < -0.4 is 5.32 Å². The molecule has 6 heteroatoms. The van der Waals surface area contributed by atoms with Gasteiger partial charge in [-0.3, -0.25) is 4.79 Å². The minimum absolute atomic E-state index is 0.112. The van der Waals surface area contributed by atoms with E-state index in [0.29, 0.717) is 0 Å². The lowest BCUT2D eigenvalue weighted by Gasteiger charge is -2.05. The summed E-state index contributed by atoms with van der Waals surface area (Å²) in [6, 6.07) is 7.82. The molecule has 98 valence electrons. The third-order valence-corrected chi connectivity index (χ3v) is 2.56. The van der Waals surface area contributed by atoms with Gasteiger partial charge < -0.3 is 5.32 Å². The Hall–Kier alpha value is -2.01.